The molecule has 162 valence electrons. The van der Waals surface area contributed by atoms with Crippen molar-refractivity contribution in [2.24, 2.45) is 7.05 Å². The van der Waals surface area contributed by atoms with E-state index in [4.69, 9.17) is 4.98 Å². The molecule has 0 saturated carbocycles. The highest BCUT2D eigenvalue weighted by atomic mass is 32.2. The minimum Gasteiger partial charge on any atom is -0.335 e. The van der Waals surface area contributed by atoms with E-state index in [2.05, 4.69) is 27.1 Å². The minimum atomic E-state index is -3.24. The van der Waals surface area contributed by atoms with E-state index in [0.29, 0.717) is 25.6 Å². The fraction of sp³-hybridized carbons (Fsp3) is 0.476. The van der Waals surface area contributed by atoms with Gasteiger partial charge in [0.2, 0.25) is 16.0 Å². The first-order chi connectivity index (χ1) is 14.3. The third kappa shape index (κ3) is 4.62. The Kier molecular flexibility index (Phi) is 6.72. The second-order valence-electron chi connectivity index (χ2n) is 7.27. The Morgan fingerprint density at radius 2 is 1.83 bits per heavy atom. The van der Waals surface area contributed by atoms with Crippen molar-refractivity contribution in [2.75, 3.05) is 30.8 Å². The lowest BCUT2D eigenvalue weighted by atomic mass is 10.0. The quantitative estimate of drug-likeness (QED) is 0.632. The van der Waals surface area contributed by atoms with Gasteiger partial charge in [0, 0.05) is 38.9 Å². The summed E-state index contributed by atoms with van der Waals surface area (Å²) < 4.78 is 27.5. The maximum absolute atomic E-state index is 12.1. The van der Waals surface area contributed by atoms with Crippen molar-refractivity contribution in [3.8, 4) is 0 Å². The van der Waals surface area contributed by atoms with Gasteiger partial charge in [0.15, 0.2) is 5.65 Å². The van der Waals surface area contributed by atoms with Crippen LogP contribution in [0.1, 0.15) is 25.1 Å². The molecule has 1 aliphatic rings. The average molecular weight is 431 g/mol. The molecular weight excluding hydrogens is 400 g/mol. The Morgan fingerprint density at radius 1 is 1.13 bits per heavy atom. The highest BCUT2D eigenvalue weighted by molar-refractivity contribution is 7.88. The Balaban J connectivity index is 0.00000124. The average Bonchev–Trinajstić information content (AvgIpc) is 3.03. The lowest BCUT2D eigenvalue weighted by Gasteiger charge is -2.40. The van der Waals surface area contributed by atoms with Crippen LogP contribution in [0.15, 0.2) is 36.5 Å². The SMILES string of the molecule is CC.Cc1nn(C)c2nc(N3CCN(S(C)(=O)=O)C[C@H]3Cc3ccccc3)ncc12. The van der Waals surface area contributed by atoms with Gasteiger partial charge in [0.05, 0.1) is 17.3 Å². The van der Waals surface area contributed by atoms with E-state index in [-0.39, 0.29) is 6.04 Å². The third-order valence-corrected chi connectivity index (χ3v) is 6.51. The summed E-state index contributed by atoms with van der Waals surface area (Å²) in [5.74, 6) is 0.615. The summed E-state index contributed by atoms with van der Waals surface area (Å²) in [5, 5.41) is 5.35. The summed E-state index contributed by atoms with van der Waals surface area (Å²) >= 11 is 0. The highest BCUT2D eigenvalue weighted by Crippen LogP contribution is 2.24. The van der Waals surface area contributed by atoms with E-state index in [1.165, 1.54) is 6.26 Å². The molecular formula is C21H30N6O2S. The van der Waals surface area contributed by atoms with Gasteiger partial charge in [-0.15, -0.1) is 0 Å². The van der Waals surface area contributed by atoms with Gasteiger partial charge in [-0.25, -0.2) is 13.4 Å². The van der Waals surface area contributed by atoms with Crippen molar-refractivity contribution < 1.29 is 8.42 Å². The molecule has 0 spiro atoms. The number of hydrogen-bond donors (Lipinski definition) is 0. The fourth-order valence-corrected chi connectivity index (χ4v) is 4.64. The van der Waals surface area contributed by atoms with Gasteiger partial charge >= 0.3 is 0 Å². The van der Waals surface area contributed by atoms with E-state index in [0.717, 1.165) is 28.7 Å². The molecule has 1 saturated heterocycles. The number of nitrogens with zero attached hydrogens (tertiary/aromatic N) is 6. The van der Waals surface area contributed by atoms with Crippen LogP contribution in [0.3, 0.4) is 0 Å². The molecule has 30 heavy (non-hydrogen) atoms. The number of piperazine rings is 1. The second kappa shape index (κ2) is 9.09. The Bertz CT molecular complexity index is 1100. The maximum atomic E-state index is 12.1. The fourth-order valence-electron chi connectivity index (χ4n) is 3.78. The Morgan fingerprint density at radius 3 is 2.50 bits per heavy atom. The normalized spacial score (nSPS) is 17.6. The largest absolute Gasteiger partial charge is 0.335 e. The molecule has 3 heterocycles. The van der Waals surface area contributed by atoms with Gasteiger partial charge in [-0.3, -0.25) is 4.68 Å². The number of aromatic nitrogens is 4. The number of fused-ring (bicyclic) bond motifs is 1. The number of rotatable bonds is 4. The van der Waals surface area contributed by atoms with Crippen LogP contribution < -0.4 is 4.90 Å². The van der Waals surface area contributed by atoms with Crippen LogP contribution in [0.4, 0.5) is 5.95 Å². The monoisotopic (exact) mass is 430 g/mol. The van der Waals surface area contributed by atoms with Crippen LogP contribution in [-0.2, 0) is 23.5 Å². The van der Waals surface area contributed by atoms with E-state index in [1.807, 2.05) is 52.2 Å². The topological polar surface area (TPSA) is 84.2 Å². The van der Waals surface area contributed by atoms with Gasteiger partial charge in [-0.2, -0.15) is 14.4 Å². The third-order valence-electron chi connectivity index (χ3n) is 5.24. The Labute approximate surface area is 178 Å². The molecule has 4 rings (SSSR count). The van der Waals surface area contributed by atoms with Gasteiger partial charge in [-0.05, 0) is 18.9 Å². The molecule has 8 nitrogen and oxygen atoms in total. The smallest absolute Gasteiger partial charge is 0.227 e. The van der Waals surface area contributed by atoms with Gasteiger partial charge in [0.1, 0.15) is 0 Å². The van der Waals surface area contributed by atoms with Crippen LogP contribution in [0.5, 0.6) is 0 Å². The molecule has 0 amide bonds. The van der Waals surface area contributed by atoms with Gasteiger partial charge in [-0.1, -0.05) is 44.2 Å². The standard InChI is InChI=1S/C19H24N6O2S.C2H6/c1-14-17-12-20-19(21-18(17)23(2)22-14)25-10-9-24(28(3,26)27)13-16(25)11-15-7-5-4-6-8-15;1-2/h4-8,12,16H,9-11,13H2,1-3H3;1-2H3/t16-;/m1./s1. The number of hydrogen-bond acceptors (Lipinski definition) is 6. The summed E-state index contributed by atoms with van der Waals surface area (Å²) in [4.78, 5) is 11.4. The number of benzene rings is 1. The van der Waals surface area contributed by atoms with E-state index in [9.17, 15) is 8.42 Å². The van der Waals surface area contributed by atoms with Crippen LogP contribution in [0.25, 0.3) is 11.0 Å². The first-order valence-corrected chi connectivity index (χ1v) is 12.1. The molecule has 0 aliphatic carbocycles. The molecule has 1 fully saturated rings. The molecule has 3 aromatic rings. The molecule has 1 atom stereocenters. The zero-order valence-electron chi connectivity index (χ0n) is 18.3. The van der Waals surface area contributed by atoms with Crippen LogP contribution >= 0.6 is 0 Å². The van der Waals surface area contributed by atoms with Crippen molar-refractivity contribution in [3.05, 3.63) is 47.8 Å². The molecule has 0 unspecified atom stereocenters. The van der Waals surface area contributed by atoms with E-state index in [1.54, 1.807) is 8.99 Å². The number of sulfonamides is 1. The molecule has 0 radical (unpaired) electrons. The number of aryl methyl sites for hydroxylation is 2. The van der Waals surface area contributed by atoms with Crippen molar-refractivity contribution in [3.63, 3.8) is 0 Å². The lowest BCUT2D eigenvalue weighted by molar-refractivity contribution is 0.330. The zero-order valence-corrected chi connectivity index (χ0v) is 19.1. The molecule has 0 bridgehead atoms. The van der Waals surface area contributed by atoms with Crippen LogP contribution in [0, 0.1) is 6.92 Å². The predicted octanol–water partition coefficient (Wildman–Crippen LogP) is 2.39. The maximum Gasteiger partial charge on any atom is 0.227 e. The predicted molar refractivity (Wildman–Crippen MR) is 120 cm³/mol. The summed E-state index contributed by atoms with van der Waals surface area (Å²) in [6, 6.07) is 10.1. The van der Waals surface area contributed by atoms with Gasteiger partial charge < -0.3 is 4.90 Å². The van der Waals surface area contributed by atoms with E-state index >= 15 is 0 Å². The van der Waals surface area contributed by atoms with Crippen molar-refractivity contribution in [1.29, 1.82) is 0 Å². The first-order valence-electron chi connectivity index (χ1n) is 10.2. The second-order valence-corrected chi connectivity index (χ2v) is 9.26. The zero-order chi connectivity index (χ0) is 21.9. The van der Waals surface area contributed by atoms with Crippen molar-refractivity contribution in [1.82, 2.24) is 24.1 Å². The lowest BCUT2D eigenvalue weighted by Crippen LogP contribution is -2.56. The van der Waals surface area contributed by atoms with E-state index < -0.39 is 10.0 Å². The van der Waals surface area contributed by atoms with Crippen LogP contribution in [-0.4, -0.2) is 64.4 Å². The number of anilines is 1. The summed E-state index contributed by atoms with van der Waals surface area (Å²) in [6.45, 7) is 7.33. The molecule has 1 aliphatic heterocycles. The highest BCUT2D eigenvalue weighted by Gasteiger charge is 2.33. The molecule has 1 aromatic carbocycles. The summed E-state index contributed by atoms with van der Waals surface area (Å²) in [5.41, 5.74) is 2.84. The molecule has 2 aromatic heterocycles. The Hall–Kier alpha value is -2.52. The molecule has 9 heteroatoms. The van der Waals surface area contributed by atoms with Crippen LogP contribution in [0.2, 0.25) is 0 Å². The molecule has 0 N–H and O–H groups in total. The van der Waals surface area contributed by atoms with Crippen molar-refractivity contribution >= 4 is 27.0 Å². The minimum absolute atomic E-state index is 0.0438. The van der Waals surface area contributed by atoms with Crippen molar-refractivity contribution in [2.45, 2.75) is 33.2 Å². The van der Waals surface area contributed by atoms with Gasteiger partial charge in [0.25, 0.3) is 0 Å². The summed E-state index contributed by atoms with van der Waals surface area (Å²) in [7, 11) is -1.37. The first kappa shape index (κ1) is 22.2. The summed E-state index contributed by atoms with van der Waals surface area (Å²) in [6.07, 6.45) is 3.80.